The molecule has 0 aliphatic carbocycles. The van der Waals surface area contributed by atoms with Crippen LogP contribution < -0.4 is 0 Å². The zero-order chi connectivity index (χ0) is 49.9. The first-order valence-corrected chi connectivity index (χ1v) is 28.8. The highest BCUT2D eigenvalue weighted by atomic mass is 31.2. The SMILES string of the molecule is CC/C=C\C/C=C\C/C=C\C/C=C\C/C=C\CCCCCCCCCCCCCCCC(=O)OC(COC(=O)CCCCCCC/C=C\C/C=C\CCCCC)COP(=O)(O)OCC[N+](C)(C)C. The predicted octanol–water partition coefficient (Wildman–Crippen LogP) is 16.7. The number of phosphoric acid groups is 1. The molecule has 0 radical (unpaired) electrons. The number of carbonyl (C=O) groups is 2. The summed E-state index contributed by atoms with van der Waals surface area (Å²) in [6.07, 6.45) is 65.0. The number of hydrogen-bond donors (Lipinski definition) is 1. The van der Waals surface area contributed by atoms with E-state index in [-0.39, 0.29) is 32.0 Å². The maximum Gasteiger partial charge on any atom is 0.472 e. The molecule has 0 aromatic carbocycles. The molecular formula is C58H103NO8P+. The first kappa shape index (κ1) is 65.2. The van der Waals surface area contributed by atoms with Crippen molar-refractivity contribution >= 4 is 19.8 Å². The molecule has 0 bridgehead atoms. The molecule has 0 aliphatic heterocycles. The van der Waals surface area contributed by atoms with Crippen molar-refractivity contribution in [1.29, 1.82) is 0 Å². The number of ether oxygens (including phenoxy) is 2. The highest BCUT2D eigenvalue weighted by Crippen LogP contribution is 2.43. The Morgan fingerprint density at radius 1 is 0.471 bits per heavy atom. The van der Waals surface area contributed by atoms with Crippen LogP contribution >= 0.6 is 7.82 Å². The predicted molar refractivity (Wildman–Crippen MR) is 289 cm³/mol. The minimum Gasteiger partial charge on any atom is -0.462 e. The van der Waals surface area contributed by atoms with E-state index in [9.17, 15) is 19.0 Å². The largest absolute Gasteiger partial charge is 0.472 e. The monoisotopic (exact) mass is 973 g/mol. The van der Waals surface area contributed by atoms with E-state index in [2.05, 4.69) is 98.9 Å². The van der Waals surface area contributed by atoms with Crippen LogP contribution in [0.3, 0.4) is 0 Å². The molecule has 392 valence electrons. The minimum absolute atomic E-state index is 0.0260. The van der Waals surface area contributed by atoms with E-state index in [4.69, 9.17) is 18.5 Å². The standard InChI is InChI=1S/C58H102NO8P/c1-6-8-10-12-14-16-18-20-22-23-24-25-26-27-28-29-30-31-32-33-34-35-37-39-41-43-45-47-49-51-58(61)67-56(55-66-68(62,63)65-53-52-59(3,4)5)54-64-57(60)50-48-46-44-42-40-38-36-21-19-17-15-13-11-9-7-2/h8,10,14-17,20-22,24-25,27-28,36,56H,6-7,9,11-13,18-19,23,26,29-35,37-55H2,1-5H3/p+1/b10-8-,16-14-,17-15-,22-20-,25-24-,28-27-,36-21-. The summed E-state index contributed by atoms with van der Waals surface area (Å²) >= 11 is 0. The van der Waals surface area contributed by atoms with Crippen molar-refractivity contribution in [3.8, 4) is 0 Å². The van der Waals surface area contributed by atoms with E-state index in [0.29, 0.717) is 17.4 Å². The Morgan fingerprint density at radius 3 is 1.25 bits per heavy atom. The van der Waals surface area contributed by atoms with Crippen LogP contribution in [0.5, 0.6) is 0 Å². The third kappa shape index (κ3) is 52.6. The average Bonchev–Trinajstić information content (AvgIpc) is 3.30. The van der Waals surface area contributed by atoms with Gasteiger partial charge in [-0.15, -0.1) is 0 Å². The molecule has 0 amide bonds. The molecule has 0 aromatic rings. The van der Waals surface area contributed by atoms with Gasteiger partial charge in [0.1, 0.15) is 19.8 Å². The van der Waals surface area contributed by atoms with E-state index < -0.39 is 26.5 Å². The number of nitrogens with zero attached hydrogens (tertiary/aromatic N) is 1. The average molecular weight is 973 g/mol. The van der Waals surface area contributed by atoms with Gasteiger partial charge in [0.15, 0.2) is 6.10 Å². The second-order valence-corrected chi connectivity index (χ2v) is 20.7. The molecule has 0 rings (SSSR count). The van der Waals surface area contributed by atoms with Crippen molar-refractivity contribution < 1.29 is 42.1 Å². The molecular weight excluding hydrogens is 870 g/mol. The van der Waals surface area contributed by atoms with Gasteiger partial charge in [0, 0.05) is 12.8 Å². The molecule has 0 aromatic heterocycles. The van der Waals surface area contributed by atoms with Crippen molar-refractivity contribution in [2.45, 2.75) is 225 Å². The van der Waals surface area contributed by atoms with Crippen molar-refractivity contribution in [2.24, 2.45) is 0 Å². The van der Waals surface area contributed by atoms with Gasteiger partial charge in [0.05, 0.1) is 27.7 Å². The van der Waals surface area contributed by atoms with E-state index in [0.717, 1.165) is 96.3 Å². The van der Waals surface area contributed by atoms with Crippen LogP contribution in [0, 0.1) is 0 Å². The van der Waals surface area contributed by atoms with Crippen molar-refractivity contribution in [3.05, 3.63) is 85.1 Å². The van der Waals surface area contributed by atoms with Crippen LogP contribution in [-0.2, 0) is 32.7 Å². The van der Waals surface area contributed by atoms with Crippen LogP contribution in [0.2, 0.25) is 0 Å². The third-order valence-corrected chi connectivity index (χ3v) is 12.4. The molecule has 0 saturated carbocycles. The minimum atomic E-state index is -4.39. The van der Waals surface area contributed by atoms with Crippen LogP contribution in [0.4, 0.5) is 0 Å². The van der Waals surface area contributed by atoms with Gasteiger partial charge in [-0.2, -0.15) is 0 Å². The quantitative estimate of drug-likeness (QED) is 0.0211. The summed E-state index contributed by atoms with van der Waals surface area (Å²) < 4.78 is 34.5. The van der Waals surface area contributed by atoms with Gasteiger partial charge in [-0.25, -0.2) is 4.57 Å². The lowest BCUT2D eigenvalue weighted by Crippen LogP contribution is -2.37. The van der Waals surface area contributed by atoms with Gasteiger partial charge in [0.25, 0.3) is 0 Å². The van der Waals surface area contributed by atoms with Crippen molar-refractivity contribution in [1.82, 2.24) is 0 Å². The normalized spacial score (nSPS) is 14.0. The summed E-state index contributed by atoms with van der Waals surface area (Å²) in [5.41, 5.74) is 0. The lowest BCUT2D eigenvalue weighted by Gasteiger charge is -2.24. The fraction of sp³-hybridized carbons (Fsp3) is 0.724. The Kier molecular flexibility index (Phi) is 47.2. The summed E-state index contributed by atoms with van der Waals surface area (Å²) in [5, 5.41) is 0. The van der Waals surface area contributed by atoms with Gasteiger partial charge in [-0.05, 0) is 89.9 Å². The Bertz CT molecular complexity index is 1420. The number of carbonyl (C=O) groups excluding carboxylic acids is 2. The van der Waals surface area contributed by atoms with E-state index in [1.165, 1.54) is 89.9 Å². The molecule has 68 heavy (non-hydrogen) atoms. The van der Waals surface area contributed by atoms with Crippen LogP contribution in [-0.4, -0.2) is 74.9 Å². The second-order valence-electron chi connectivity index (χ2n) is 19.2. The fourth-order valence-corrected chi connectivity index (χ4v) is 7.93. The van der Waals surface area contributed by atoms with Gasteiger partial charge >= 0.3 is 19.8 Å². The maximum absolute atomic E-state index is 12.8. The van der Waals surface area contributed by atoms with Crippen molar-refractivity contribution in [3.63, 3.8) is 0 Å². The first-order valence-electron chi connectivity index (χ1n) is 27.3. The fourth-order valence-electron chi connectivity index (χ4n) is 7.19. The molecule has 9 nitrogen and oxygen atoms in total. The number of rotatable bonds is 49. The second kappa shape index (κ2) is 49.2. The summed E-state index contributed by atoms with van der Waals surface area (Å²) in [4.78, 5) is 35.6. The summed E-state index contributed by atoms with van der Waals surface area (Å²) in [7, 11) is 1.46. The number of esters is 2. The van der Waals surface area contributed by atoms with Crippen LogP contribution in [0.15, 0.2) is 85.1 Å². The topological polar surface area (TPSA) is 108 Å². The summed E-state index contributed by atoms with van der Waals surface area (Å²) in [6, 6.07) is 0. The van der Waals surface area contributed by atoms with E-state index >= 15 is 0 Å². The Hall–Kier alpha value is -2.81. The Labute approximate surface area is 418 Å². The lowest BCUT2D eigenvalue weighted by atomic mass is 10.0. The lowest BCUT2D eigenvalue weighted by molar-refractivity contribution is -0.870. The molecule has 0 aliphatic rings. The van der Waals surface area contributed by atoms with Crippen LogP contribution in [0.25, 0.3) is 0 Å². The molecule has 1 N–H and O–H groups in total. The maximum atomic E-state index is 12.8. The Morgan fingerprint density at radius 2 is 0.838 bits per heavy atom. The van der Waals surface area contributed by atoms with Gasteiger partial charge in [-0.1, -0.05) is 202 Å². The zero-order valence-corrected chi connectivity index (χ0v) is 45.2. The molecule has 0 fully saturated rings. The molecule has 2 atom stereocenters. The highest BCUT2D eigenvalue weighted by molar-refractivity contribution is 7.47. The Balaban J connectivity index is 4.17. The molecule has 0 spiro atoms. The van der Waals surface area contributed by atoms with E-state index in [1.807, 2.05) is 21.1 Å². The van der Waals surface area contributed by atoms with Crippen LogP contribution in [0.1, 0.15) is 219 Å². The highest BCUT2D eigenvalue weighted by Gasteiger charge is 2.27. The van der Waals surface area contributed by atoms with Gasteiger partial charge < -0.3 is 18.9 Å². The van der Waals surface area contributed by atoms with Gasteiger partial charge in [-0.3, -0.25) is 18.6 Å². The smallest absolute Gasteiger partial charge is 0.462 e. The number of unbranched alkanes of at least 4 members (excludes halogenated alkanes) is 21. The number of phosphoric ester groups is 1. The molecule has 10 heteroatoms. The summed E-state index contributed by atoms with van der Waals surface area (Å²) in [6.45, 7) is 4.27. The molecule has 2 unspecified atom stereocenters. The third-order valence-electron chi connectivity index (χ3n) is 11.4. The zero-order valence-electron chi connectivity index (χ0n) is 44.3. The first-order chi connectivity index (χ1) is 33.0. The van der Waals surface area contributed by atoms with Crippen molar-refractivity contribution in [2.75, 3.05) is 47.5 Å². The van der Waals surface area contributed by atoms with Gasteiger partial charge in [0.2, 0.25) is 0 Å². The summed E-state index contributed by atoms with van der Waals surface area (Å²) in [5.74, 6) is -0.817. The molecule has 0 saturated heterocycles. The molecule has 0 heterocycles. The van der Waals surface area contributed by atoms with E-state index in [1.54, 1.807) is 0 Å². The number of quaternary nitrogens is 1. The number of allylic oxidation sites excluding steroid dienone is 14. The number of likely N-dealkylation sites (N-methyl/N-ethyl adjacent to an activating group) is 1. The number of hydrogen-bond acceptors (Lipinski definition) is 7.